The molecule has 0 saturated carbocycles. The van der Waals surface area contributed by atoms with Gasteiger partial charge in [-0.25, -0.2) is 18.2 Å². The molecular weight excluding hydrogens is 437 g/mol. The Morgan fingerprint density at radius 2 is 1.85 bits per heavy atom. The van der Waals surface area contributed by atoms with E-state index in [2.05, 4.69) is 15.0 Å². The van der Waals surface area contributed by atoms with Crippen molar-refractivity contribution in [2.24, 2.45) is 0 Å². The molecule has 0 aliphatic carbocycles. The van der Waals surface area contributed by atoms with Gasteiger partial charge in [0, 0.05) is 11.3 Å². The van der Waals surface area contributed by atoms with Crippen molar-refractivity contribution in [3.8, 4) is 28.3 Å². The Hall–Kier alpha value is -3.24. The predicted molar refractivity (Wildman–Crippen MR) is 115 cm³/mol. The number of ether oxygens (including phenoxy) is 3. The van der Waals surface area contributed by atoms with Crippen LogP contribution in [0, 0.1) is 12.7 Å². The Balaban J connectivity index is 1.83. The molecule has 1 atom stereocenters. The van der Waals surface area contributed by atoms with Crippen LogP contribution in [0.1, 0.15) is 31.7 Å². The molecule has 1 saturated heterocycles. The fraction of sp³-hybridized carbons (Fsp3) is 0.348. The van der Waals surface area contributed by atoms with Crippen LogP contribution in [0.5, 0.6) is 5.88 Å². The molecule has 0 bridgehead atoms. The number of nitrogen functional groups attached to an aromatic ring is 1. The molecule has 0 radical (unpaired) electrons. The number of halogens is 3. The summed E-state index contributed by atoms with van der Waals surface area (Å²) in [7, 11) is 0. The highest BCUT2D eigenvalue weighted by Gasteiger charge is 2.33. The Morgan fingerprint density at radius 3 is 2.48 bits per heavy atom. The molecule has 33 heavy (non-hydrogen) atoms. The first-order chi connectivity index (χ1) is 15.6. The maximum Gasteiger partial charge on any atom is 0.280 e. The molecule has 1 aliphatic heterocycles. The van der Waals surface area contributed by atoms with E-state index in [1.54, 1.807) is 26.8 Å². The molecule has 2 N–H and O–H groups in total. The maximum absolute atomic E-state index is 13.5. The number of alkyl halides is 2. The number of nitrogens with two attached hydrogens (primary N) is 1. The second kappa shape index (κ2) is 8.95. The van der Waals surface area contributed by atoms with Crippen LogP contribution < -0.4 is 10.5 Å². The van der Waals surface area contributed by atoms with E-state index in [1.165, 1.54) is 30.3 Å². The molecule has 7 nitrogen and oxygen atoms in total. The lowest BCUT2D eigenvalue weighted by atomic mass is 9.99. The fourth-order valence-electron chi connectivity index (χ4n) is 3.61. The minimum Gasteiger partial charge on any atom is -0.474 e. The second-order valence-electron chi connectivity index (χ2n) is 8.10. The summed E-state index contributed by atoms with van der Waals surface area (Å²) in [6, 6.07) is 8.45. The van der Waals surface area contributed by atoms with Crippen LogP contribution in [0.25, 0.3) is 22.4 Å². The quantitative estimate of drug-likeness (QED) is 0.570. The molecule has 10 heteroatoms. The first-order valence-electron chi connectivity index (χ1n) is 10.3. The van der Waals surface area contributed by atoms with E-state index in [1.807, 2.05) is 0 Å². The van der Waals surface area contributed by atoms with Crippen molar-refractivity contribution in [1.82, 2.24) is 15.0 Å². The highest BCUT2D eigenvalue weighted by molar-refractivity contribution is 5.85. The van der Waals surface area contributed by atoms with E-state index >= 15 is 0 Å². The van der Waals surface area contributed by atoms with Gasteiger partial charge in [0.2, 0.25) is 11.8 Å². The van der Waals surface area contributed by atoms with Gasteiger partial charge in [-0.1, -0.05) is 0 Å². The number of rotatable bonds is 6. The van der Waals surface area contributed by atoms with Crippen molar-refractivity contribution >= 4 is 5.95 Å². The molecule has 4 rings (SSSR count). The molecular formula is C23H23F3N4O3. The summed E-state index contributed by atoms with van der Waals surface area (Å²) in [5.41, 5.74) is 7.46. The van der Waals surface area contributed by atoms with Gasteiger partial charge in [-0.2, -0.15) is 4.98 Å². The molecule has 1 aromatic carbocycles. The van der Waals surface area contributed by atoms with E-state index in [0.717, 1.165) is 0 Å². The van der Waals surface area contributed by atoms with Gasteiger partial charge in [0.1, 0.15) is 24.2 Å². The van der Waals surface area contributed by atoms with Crippen molar-refractivity contribution in [1.29, 1.82) is 0 Å². The van der Waals surface area contributed by atoms with E-state index in [4.69, 9.17) is 19.9 Å². The standard InChI is InChI=1S/C23H23F3N4O3/c1-12-8-14(9-17(28-12)20(25)26)18-19(13-4-6-15(24)7-5-13)29-22(27)30-21(18)31-10-16-11-32-23(2,3)33-16/h4-9,16,20H,10-11H2,1-3H3,(H2,27,29,30). The Bertz CT molecular complexity index is 1160. The van der Waals surface area contributed by atoms with Gasteiger partial charge in [-0.15, -0.1) is 0 Å². The number of benzene rings is 1. The zero-order valence-electron chi connectivity index (χ0n) is 18.3. The average Bonchev–Trinajstić information content (AvgIpc) is 3.10. The van der Waals surface area contributed by atoms with Gasteiger partial charge < -0.3 is 19.9 Å². The average molecular weight is 460 g/mol. The largest absolute Gasteiger partial charge is 0.474 e. The molecule has 1 fully saturated rings. The number of pyridine rings is 1. The molecule has 1 aliphatic rings. The van der Waals surface area contributed by atoms with Gasteiger partial charge in [-0.05, 0) is 62.7 Å². The monoisotopic (exact) mass is 460 g/mol. The summed E-state index contributed by atoms with van der Waals surface area (Å²) in [6.07, 6.45) is -3.14. The van der Waals surface area contributed by atoms with Gasteiger partial charge >= 0.3 is 0 Å². The third-order valence-electron chi connectivity index (χ3n) is 4.97. The lowest BCUT2D eigenvalue weighted by Gasteiger charge is -2.19. The van der Waals surface area contributed by atoms with Crippen LogP contribution >= 0.6 is 0 Å². The number of aromatic nitrogens is 3. The van der Waals surface area contributed by atoms with Crippen molar-refractivity contribution in [2.75, 3.05) is 18.9 Å². The number of aryl methyl sites for hydroxylation is 1. The van der Waals surface area contributed by atoms with E-state index in [9.17, 15) is 13.2 Å². The third-order valence-corrected chi connectivity index (χ3v) is 4.97. The second-order valence-corrected chi connectivity index (χ2v) is 8.10. The lowest BCUT2D eigenvalue weighted by molar-refractivity contribution is -0.141. The van der Waals surface area contributed by atoms with Gasteiger partial charge in [0.15, 0.2) is 5.79 Å². The Kier molecular flexibility index (Phi) is 6.22. The molecule has 0 amide bonds. The summed E-state index contributed by atoms with van der Waals surface area (Å²) in [4.78, 5) is 12.4. The van der Waals surface area contributed by atoms with Crippen LogP contribution in [-0.2, 0) is 9.47 Å². The first-order valence-corrected chi connectivity index (χ1v) is 10.3. The van der Waals surface area contributed by atoms with E-state index in [0.29, 0.717) is 34.7 Å². The molecule has 3 aromatic rings. The zero-order valence-corrected chi connectivity index (χ0v) is 18.3. The number of nitrogens with zero attached hydrogens (tertiary/aromatic N) is 3. The van der Waals surface area contributed by atoms with Crippen LogP contribution in [0.3, 0.4) is 0 Å². The van der Waals surface area contributed by atoms with E-state index < -0.39 is 23.7 Å². The van der Waals surface area contributed by atoms with Crippen molar-refractivity contribution in [3.63, 3.8) is 0 Å². The van der Waals surface area contributed by atoms with E-state index in [-0.39, 0.29) is 24.5 Å². The number of anilines is 1. The van der Waals surface area contributed by atoms with Crippen molar-refractivity contribution in [2.45, 2.75) is 39.1 Å². The SMILES string of the molecule is Cc1cc(-c2c(OCC3COC(C)(C)O3)nc(N)nc2-c2ccc(F)cc2)cc(C(F)F)n1. The predicted octanol–water partition coefficient (Wildman–Crippen LogP) is 4.70. The Morgan fingerprint density at radius 1 is 1.12 bits per heavy atom. The number of hydrogen-bond donors (Lipinski definition) is 1. The van der Waals surface area contributed by atoms with Crippen LogP contribution in [-0.4, -0.2) is 40.1 Å². The minimum absolute atomic E-state index is 0.0842. The Labute approximate surface area is 188 Å². The molecule has 174 valence electrons. The number of hydrogen-bond acceptors (Lipinski definition) is 7. The summed E-state index contributed by atoms with van der Waals surface area (Å²) < 4.78 is 57.8. The molecule has 1 unspecified atom stereocenters. The fourth-order valence-corrected chi connectivity index (χ4v) is 3.61. The third kappa shape index (κ3) is 5.23. The van der Waals surface area contributed by atoms with Crippen LogP contribution in [0.4, 0.5) is 19.1 Å². The zero-order chi connectivity index (χ0) is 23.8. The topological polar surface area (TPSA) is 92.4 Å². The summed E-state index contributed by atoms with van der Waals surface area (Å²) in [5, 5.41) is 0. The minimum atomic E-state index is -2.77. The van der Waals surface area contributed by atoms with Crippen LogP contribution in [0.15, 0.2) is 36.4 Å². The van der Waals surface area contributed by atoms with Crippen molar-refractivity contribution < 1.29 is 27.4 Å². The first kappa shape index (κ1) is 22.9. The van der Waals surface area contributed by atoms with Crippen LogP contribution in [0.2, 0.25) is 0 Å². The molecule has 3 heterocycles. The highest BCUT2D eigenvalue weighted by atomic mass is 19.3. The van der Waals surface area contributed by atoms with Gasteiger partial charge in [0.05, 0.1) is 17.9 Å². The van der Waals surface area contributed by atoms with Gasteiger partial charge in [-0.3, -0.25) is 4.98 Å². The lowest BCUT2D eigenvalue weighted by Crippen LogP contribution is -2.25. The van der Waals surface area contributed by atoms with Crippen molar-refractivity contribution in [3.05, 3.63) is 53.6 Å². The smallest absolute Gasteiger partial charge is 0.280 e. The maximum atomic E-state index is 13.5. The van der Waals surface area contributed by atoms with Gasteiger partial charge in [0.25, 0.3) is 6.43 Å². The molecule has 0 spiro atoms. The molecule has 2 aromatic heterocycles. The summed E-state index contributed by atoms with van der Waals surface area (Å²) in [6.45, 7) is 5.59. The highest BCUT2D eigenvalue weighted by Crippen LogP contribution is 2.39. The summed E-state index contributed by atoms with van der Waals surface area (Å²) in [5.74, 6) is -1.17. The summed E-state index contributed by atoms with van der Waals surface area (Å²) >= 11 is 0. The normalized spacial score (nSPS) is 17.5.